The van der Waals surface area contributed by atoms with Gasteiger partial charge in [0.1, 0.15) is 18.4 Å². The minimum absolute atomic E-state index is 0.128. The first-order valence-electron chi connectivity index (χ1n) is 10.1. The van der Waals surface area contributed by atoms with Crippen molar-refractivity contribution >= 4 is 0 Å². The van der Waals surface area contributed by atoms with Crippen LogP contribution in [-0.4, -0.2) is 44.5 Å². The first-order chi connectivity index (χ1) is 14.9. The average Bonchev–Trinajstić information content (AvgIpc) is 2.69. The molecule has 2 rings (SSSR count). The van der Waals surface area contributed by atoms with E-state index in [0.29, 0.717) is 0 Å². The molecule has 0 aromatic heterocycles. The zero-order valence-electron chi connectivity index (χ0n) is 19.0. The molecule has 0 fully saturated rings. The van der Waals surface area contributed by atoms with Gasteiger partial charge in [-0.25, -0.2) is 4.39 Å². The summed E-state index contributed by atoms with van der Waals surface area (Å²) in [6.07, 6.45) is -5.47. The van der Waals surface area contributed by atoms with Crippen LogP contribution in [0.5, 0.6) is 5.75 Å². The van der Waals surface area contributed by atoms with E-state index in [4.69, 9.17) is 14.2 Å². The highest BCUT2D eigenvalue weighted by atomic mass is 19.4. The fraction of sp³-hybridized carbons (Fsp3) is 0.500. The molecule has 0 aliphatic heterocycles. The fourth-order valence-electron chi connectivity index (χ4n) is 4.25. The number of rotatable bonds is 10. The minimum atomic E-state index is -4.91. The number of ether oxygens (including phenoxy) is 3. The van der Waals surface area contributed by atoms with Crippen molar-refractivity contribution in [1.82, 2.24) is 0 Å². The van der Waals surface area contributed by atoms with Gasteiger partial charge in [-0.2, -0.15) is 13.2 Å². The predicted octanol–water partition coefficient (Wildman–Crippen LogP) is 5.26. The van der Waals surface area contributed by atoms with E-state index in [1.807, 2.05) is 32.0 Å². The molecule has 0 radical (unpaired) electrons. The van der Waals surface area contributed by atoms with Crippen LogP contribution in [0.15, 0.2) is 36.4 Å². The van der Waals surface area contributed by atoms with Gasteiger partial charge in [0.25, 0.3) is 0 Å². The number of benzene rings is 2. The quantitative estimate of drug-likeness (QED) is 0.390. The van der Waals surface area contributed by atoms with Crippen molar-refractivity contribution < 1.29 is 36.9 Å². The van der Waals surface area contributed by atoms with Gasteiger partial charge in [-0.15, -0.1) is 0 Å². The molecule has 0 spiro atoms. The Kier molecular flexibility index (Phi) is 8.31. The molecule has 0 heterocycles. The summed E-state index contributed by atoms with van der Waals surface area (Å²) in [6, 6.07) is 9.45. The van der Waals surface area contributed by atoms with Crippen molar-refractivity contribution in [3.05, 3.63) is 64.5 Å². The molecule has 0 aliphatic carbocycles. The summed E-state index contributed by atoms with van der Waals surface area (Å²) < 4.78 is 72.1. The maximum atomic E-state index is 14.3. The Morgan fingerprint density at radius 2 is 1.59 bits per heavy atom. The molecule has 0 amide bonds. The van der Waals surface area contributed by atoms with Gasteiger partial charge >= 0.3 is 6.18 Å². The van der Waals surface area contributed by atoms with E-state index in [-0.39, 0.29) is 17.7 Å². The standard InChI is InChI=1S/C24H30F4O4/c1-16-8-17(2)10-18(9-16)12-22(3,20-11-19(25)6-7-21(20)31-5)13-23(14-29,24(26,27)28)32-15-30-4/h6-11,29H,12-15H2,1-5H3. The SMILES string of the molecule is COCOC(CO)(CC(C)(Cc1cc(C)cc(C)c1)c1cc(F)ccc1OC)C(F)(F)F. The summed E-state index contributed by atoms with van der Waals surface area (Å²) in [7, 11) is 2.57. The van der Waals surface area contributed by atoms with Crippen molar-refractivity contribution in [2.45, 2.75) is 50.8 Å². The number of aliphatic hydroxyl groups excluding tert-OH is 1. The minimum Gasteiger partial charge on any atom is -0.496 e. The summed E-state index contributed by atoms with van der Waals surface area (Å²) in [5, 5.41) is 9.88. The third-order valence-electron chi connectivity index (χ3n) is 5.59. The summed E-state index contributed by atoms with van der Waals surface area (Å²) in [4.78, 5) is 0. The smallest absolute Gasteiger partial charge is 0.419 e. The van der Waals surface area contributed by atoms with Gasteiger partial charge in [0.05, 0.1) is 13.7 Å². The average molecular weight is 458 g/mol. The van der Waals surface area contributed by atoms with E-state index >= 15 is 0 Å². The molecular formula is C24H30F4O4. The van der Waals surface area contributed by atoms with Crippen molar-refractivity contribution in [2.75, 3.05) is 27.6 Å². The van der Waals surface area contributed by atoms with Crippen LogP contribution in [0.3, 0.4) is 0 Å². The van der Waals surface area contributed by atoms with E-state index < -0.39 is 42.8 Å². The van der Waals surface area contributed by atoms with Gasteiger partial charge in [-0.05, 0) is 50.5 Å². The van der Waals surface area contributed by atoms with Crippen LogP contribution in [0.2, 0.25) is 0 Å². The van der Waals surface area contributed by atoms with E-state index in [2.05, 4.69) is 0 Å². The van der Waals surface area contributed by atoms with Crippen LogP contribution in [0.1, 0.15) is 35.6 Å². The molecule has 178 valence electrons. The summed E-state index contributed by atoms with van der Waals surface area (Å²) >= 11 is 0. The van der Waals surface area contributed by atoms with Gasteiger partial charge in [0.2, 0.25) is 0 Å². The summed E-state index contributed by atoms with van der Waals surface area (Å²) in [5.74, 6) is -0.356. The fourth-order valence-corrected chi connectivity index (χ4v) is 4.25. The van der Waals surface area contributed by atoms with Crippen LogP contribution >= 0.6 is 0 Å². The number of alkyl halides is 3. The Balaban J connectivity index is 2.70. The van der Waals surface area contributed by atoms with E-state index in [1.54, 1.807) is 6.92 Å². The predicted molar refractivity (Wildman–Crippen MR) is 113 cm³/mol. The van der Waals surface area contributed by atoms with Crippen LogP contribution in [0, 0.1) is 19.7 Å². The lowest BCUT2D eigenvalue weighted by molar-refractivity contribution is -0.312. The number of methoxy groups -OCH3 is 2. The second kappa shape index (κ2) is 10.2. The molecule has 2 unspecified atom stereocenters. The highest BCUT2D eigenvalue weighted by Gasteiger charge is 2.59. The van der Waals surface area contributed by atoms with Crippen LogP contribution in [-0.2, 0) is 21.3 Å². The topological polar surface area (TPSA) is 47.9 Å². The molecule has 2 aromatic carbocycles. The van der Waals surface area contributed by atoms with Gasteiger partial charge < -0.3 is 19.3 Å². The van der Waals surface area contributed by atoms with Gasteiger partial charge in [0, 0.05) is 18.1 Å². The Bertz CT molecular complexity index is 895. The normalized spacial score (nSPS) is 15.8. The third-order valence-corrected chi connectivity index (χ3v) is 5.59. The van der Waals surface area contributed by atoms with Crippen molar-refractivity contribution in [1.29, 1.82) is 0 Å². The van der Waals surface area contributed by atoms with Crippen LogP contribution in [0.25, 0.3) is 0 Å². The van der Waals surface area contributed by atoms with Crippen molar-refractivity contribution in [2.24, 2.45) is 0 Å². The Morgan fingerprint density at radius 1 is 0.969 bits per heavy atom. The summed E-state index contributed by atoms with van der Waals surface area (Å²) in [5.41, 5.74) is -1.31. The van der Waals surface area contributed by atoms with E-state index in [0.717, 1.165) is 16.7 Å². The lowest BCUT2D eigenvalue weighted by Crippen LogP contribution is -2.55. The first kappa shape index (κ1) is 26.1. The highest BCUT2D eigenvalue weighted by Crippen LogP contribution is 2.47. The van der Waals surface area contributed by atoms with Crippen molar-refractivity contribution in [3.8, 4) is 5.75 Å². The molecule has 1 N–H and O–H groups in total. The largest absolute Gasteiger partial charge is 0.496 e. The van der Waals surface area contributed by atoms with Crippen LogP contribution in [0.4, 0.5) is 17.6 Å². The van der Waals surface area contributed by atoms with Crippen LogP contribution < -0.4 is 4.74 Å². The zero-order chi connectivity index (χ0) is 24.2. The zero-order valence-corrected chi connectivity index (χ0v) is 19.0. The maximum absolute atomic E-state index is 14.3. The molecule has 0 saturated carbocycles. The first-order valence-corrected chi connectivity index (χ1v) is 10.1. The van der Waals surface area contributed by atoms with E-state index in [9.17, 15) is 22.7 Å². The Morgan fingerprint density at radius 3 is 2.09 bits per heavy atom. The second-order valence-corrected chi connectivity index (χ2v) is 8.46. The van der Waals surface area contributed by atoms with Crippen molar-refractivity contribution in [3.63, 3.8) is 0 Å². The monoisotopic (exact) mass is 458 g/mol. The molecule has 0 saturated heterocycles. The van der Waals surface area contributed by atoms with Gasteiger partial charge in [-0.1, -0.05) is 36.2 Å². The molecule has 2 aromatic rings. The van der Waals surface area contributed by atoms with E-state index in [1.165, 1.54) is 32.4 Å². The summed E-state index contributed by atoms with van der Waals surface area (Å²) in [6.45, 7) is 3.40. The van der Waals surface area contributed by atoms with Gasteiger partial charge in [-0.3, -0.25) is 0 Å². The molecule has 2 atom stereocenters. The number of aryl methyl sites for hydroxylation is 2. The lowest BCUT2D eigenvalue weighted by atomic mass is 9.69. The number of halogens is 4. The lowest BCUT2D eigenvalue weighted by Gasteiger charge is -2.42. The molecule has 4 nitrogen and oxygen atoms in total. The molecule has 8 heteroatoms. The van der Waals surface area contributed by atoms with Gasteiger partial charge in [0.15, 0.2) is 5.60 Å². The number of hydrogen-bond donors (Lipinski definition) is 1. The second-order valence-electron chi connectivity index (χ2n) is 8.46. The molecular weight excluding hydrogens is 428 g/mol. The molecule has 0 bridgehead atoms. The Labute approximate surface area is 186 Å². The number of hydrogen-bond acceptors (Lipinski definition) is 4. The molecule has 0 aliphatic rings. The highest BCUT2D eigenvalue weighted by molar-refractivity contribution is 5.42. The number of aliphatic hydroxyl groups is 1. The Hall–Kier alpha value is -2.16. The molecule has 32 heavy (non-hydrogen) atoms. The maximum Gasteiger partial charge on any atom is 0.419 e. The third kappa shape index (κ3) is 5.79.